The summed E-state index contributed by atoms with van der Waals surface area (Å²) in [6.45, 7) is 29.3. The number of amides is 1. The molecule has 1 amide bonds. The summed E-state index contributed by atoms with van der Waals surface area (Å²) >= 11 is 0. The average molecular weight is 961 g/mol. The fraction of sp³-hybridized carbons (Fsp3) is 0.733. The number of carbonyl (C=O) groups is 2. The molecule has 10 atom stereocenters. The third kappa shape index (κ3) is 12.2. The molecule has 0 bridgehead atoms. The molecule has 66 heavy (non-hydrogen) atoms. The van der Waals surface area contributed by atoms with Gasteiger partial charge in [-0.25, -0.2) is 14.4 Å². The number of esters is 1. The molecule has 4 heterocycles. The lowest BCUT2D eigenvalue weighted by molar-refractivity contribution is -0.269. The van der Waals surface area contributed by atoms with Gasteiger partial charge in [0.25, 0.3) is 5.56 Å². The molecule has 0 spiro atoms. The minimum absolute atomic E-state index is 0.131. The van der Waals surface area contributed by atoms with Crippen LogP contribution in [0.1, 0.15) is 101 Å². The van der Waals surface area contributed by atoms with Crippen molar-refractivity contribution in [1.82, 2.24) is 14.9 Å². The van der Waals surface area contributed by atoms with E-state index in [1.165, 1.54) is 16.8 Å². The monoisotopic (exact) mass is 960 g/mol. The fourth-order valence-corrected chi connectivity index (χ4v) is 10.1. The highest BCUT2D eigenvalue weighted by atomic mass is 28.4. The lowest BCUT2D eigenvalue weighted by Gasteiger charge is -2.45. The molecule has 3 aliphatic heterocycles. The Hall–Kier alpha value is -3.90. The molecule has 4 unspecified atom stereocenters. The number of aromatic nitrogens is 2. The lowest BCUT2D eigenvalue weighted by Crippen LogP contribution is -2.61. The minimum atomic E-state index is -2.87. The topological polar surface area (TPSA) is 233 Å². The molecule has 1 aromatic heterocycles. The van der Waals surface area contributed by atoms with Crippen LogP contribution in [-0.2, 0) is 53.4 Å². The van der Waals surface area contributed by atoms with Gasteiger partial charge in [0, 0.05) is 17.2 Å². The number of alkyl carbamates (subject to hydrolysis) is 1. The Balaban J connectivity index is 1.76. The van der Waals surface area contributed by atoms with Gasteiger partial charge in [0.15, 0.2) is 41.0 Å². The normalized spacial score (nSPS) is 26.5. The molecule has 3 fully saturated rings. The fourth-order valence-electron chi connectivity index (χ4n) is 7.55. The van der Waals surface area contributed by atoms with Crippen LogP contribution in [0.3, 0.4) is 0 Å². The highest BCUT2D eigenvalue weighted by Crippen LogP contribution is 2.48. The molecule has 0 radical (unpaired) electrons. The van der Waals surface area contributed by atoms with Gasteiger partial charge in [0.1, 0.15) is 48.8 Å². The van der Waals surface area contributed by atoms with E-state index in [4.69, 9.17) is 42.0 Å². The zero-order valence-electron chi connectivity index (χ0n) is 41.2. The maximum Gasteiger partial charge on any atom is 0.408 e. The van der Waals surface area contributed by atoms with Gasteiger partial charge in [0.05, 0.1) is 12.6 Å². The Morgan fingerprint density at radius 2 is 1.48 bits per heavy atom. The van der Waals surface area contributed by atoms with Gasteiger partial charge in [-0.05, 0) is 81.0 Å². The molecule has 3 saturated heterocycles. The lowest BCUT2D eigenvalue weighted by atomic mass is 9.98. The SMILES string of the molecule is CCC1(CC)OC2C(O1)[C@@H](CN=[N+]=[N-])O[C@H]2O[C@@H]([C@@H](NC(=O)OCc1ccccc1)C(=O)OC(C)(C)C)[C@H]1O[C@@H](n2ccc(=O)[nH]c2=O)C(O[Si](C)(C)C(C)(C)C)C1O[Si](C)(C)C(C)(C)C. The van der Waals surface area contributed by atoms with Crippen molar-refractivity contribution in [3.63, 3.8) is 0 Å². The van der Waals surface area contributed by atoms with E-state index >= 15 is 0 Å². The van der Waals surface area contributed by atoms with E-state index in [1.54, 1.807) is 45.0 Å². The third-order valence-electron chi connectivity index (χ3n) is 13.3. The summed E-state index contributed by atoms with van der Waals surface area (Å²) in [4.78, 5) is 60.5. The second-order valence-electron chi connectivity index (χ2n) is 21.3. The van der Waals surface area contributed by atoms with Crippen molar-refractivity contribution in [2.24, 2.45) is 5.11 Å². The minimum Gasteiger partial charge on any atom is -0.458 e. The number of fused-ring (bicyclic) bond motifs is 1. The number of nitrogens with one attached hydrogen (secondary N) is 2. The molecular formula is C45H72N6O13Si2. The van der Waals surface area contributed by atoms with Crippen LogP contribution in [-0.4, -0.2) is 111 Å². The summed E-state index contributed by atoms with van der Waals surface area (Å²) in [6.07, 6.45) is -8.94. The van der Waals surface area contributed by atoms with Gasteiger partial charge in [-0.2, -0.15) is 0 Å². The first kappa shape index (κ1) is 53.1. The Kier molecular flexibility index (Phi) is 16.4. The number of azide groups is 1. The second kappa shape index (κ2) is 20.4. The second-order valence-corrected chi connectivity index (χ2v) is 30.8. The Labute approximate surface area is 389 Å². The van der Waals surface area contributed by atoms with Crippen molar-refractivity contribution in [1.29, 1.82) is 0 Å². The van der Waals surface area contributed by atoms with Crippen molar-refractivity contribution in [3.8, 4) is 0 Å². The molecule has 1 aromatic carbocycles. The summed E-state index contributed by atoms with van der Waals surface area (Å²) < 4.78 is 61.4. The number of H-pyrrole nitrogens is 1. The number of hydrogen-bond donors (Lipinski definition) is 2. The van der Waals surface area contributed by atoms with Crippen LogP contribution in [0.5, 0.6) is 0 Å². The van der Waals surface area contributed by atoms with Crippen LogP contribution in [0.4, 0.5) is 4.79 Å². The highest BCUT2D eigenvalue weighted by Gasteiger charge is 2.62. The quantitative estimate of drug-likeness (QED) is 0.0513. The number of aromatic amines is 1. The van der Waals surface area contributed by atoms with E-state index in [9.17, 15) is 24.7 Å². The molecule has 5 rings (SSSR count). The maximum atomic E-state index is 14.9. The number of ether oxygens (including phenoxy) is 7. The average Bonchev–Trinajstić information content (AvgIpc) is 3.86. The molecule has 0 aliphatic carbocycles. The number of hydrogen-bond acceptors (Lipinski definition) is 14. The van der Waals surface area contributed by atoms with Crippen molar-refractivity contribution in [2.45, 2.75) is 205 Å². The van der Waals surface area contributed by atoms with Crippen molar-refractivity contribution in [3.05, 3.63) is 79.4 Å². The zero-order valence-corrected chi connectivity index (χ0v) is 43.2. The summed E-state index contributed by atoms with van der Waals surface area (Å²) in [7, 11) is -5.68. The predicted molar refractivity (Wildman–Crippen MR) is 249 cm³/mol. The first-order chi connectivity index (χ1) is 30.6. The Morgan fingerprint density at radius 3 is 2.03 bits per heavy atom. The van der Waals surface area contributed by atoms with Gasteiger partial charge < -0.3 is 47.3 Å². The summed E-state index contributed by atoms with van der Waals surface area (Å²) in [5.41, 5.74) is 7.58. The van der Waals surface area contributed by atoms with E-state index in [1.807, 2.05) is 19.9 Å². The Bertz CT molecular complexity index is 2160. The molecule has 3 aliphatic rings. The summed E-state index contributed by atoms with van der Waals surface area (Å²) in [5.74, 6) is -1.95. The van der Waals surface area contributed by atoms with Crippen LogP contribution in [0.25, 0.3) is 10.4 Å². The molecule has 19 nitrogen and oxygen atoms in total. The number of carbonyl (C=O) groups excluding carboxylic acids is 2. The smallest absolute Gasteiger partial charge is 0.408 e. The van der Waals surface area contributed by atoms with Crippen LogP contribution in [0, 0.1) is 0 Å². The number of nitrogens with zero attached hydrogens (tertiary/aromatic N) is 4. The van der Waals surface area contributed by atoms with E-state index in [0.29, 0.717) is 18.4 Å². The predicted octanol–water partition coefficient (Wildman–Crippen LogP) is 7.57. The van der Waals surface area contributed by atoms with E-state index in [0.717, 1.165) is 0 Å². The summed E-state index contributed by atoms with van der Waals surface area (Å²) in [5, 5.41) is 5.80. The maximum absolute atomic E-state index is 14.9. The van der Waals surface area contributed by atoms with Crippen LogP contribution >= 0.6 is 0 Å². The van der Waals surface area contributed by atoms with Gasteiger partial charge >= 0.3 is 17.8 Å². The van der Waals surface area contributed by atoms with E-state index in [2.05, 4.69) is 88.1 Å². The molecule has 0 saturated carbocycles. The van der Waals surface area contributed by atoms with E-state index in [-0.39, 0.29) is 23.2 Å². The summed E-state index contributed by atoms with van der Waals surface area (Å²) in [6, 6.07) is 8.53. The first-order valence-electron chi connectivity index (χ1n) is 22.8. The highest BCUT2D eigenvalue weighted by molar-refractivity contribution is 6.74. The van der Waals surface area contributed by atoms with Crippen molar-refractivity contribution >= 4 is 28.7 Å². The molecule has 2 aromatic rings. The van der Waals surface area contributed by atoms with Gasteiger partial charge in [-0.3, -0.25) is 14.3 Å². The molecule has 21 heteroatoms. The number of benzene rings is 1. The van der Waals surface area contributed by atoms with Gasteiger partial charge in [-0.15, -0.1) is 0 Å². The molecule has 368 valence electrons. The van der Waals surface area contributed by atoms with E-state index < -0.39 is 113 Å². The van der Waals surface area contributed by atoms with Crippen LogP contribution in [0.15, 0.2) is 57.3 Å². The van der Waals surface area contributed by atoms with Crippen LogP contribution in [0.2, 0.25) is 36.3 Å². The third-order valence-corrected chi connectivity index (χ3v) is 22.2. The van der Waals surface area contributed by atoms with Gasteiger partial charge in [0.2, 0.25) is 0 Å². The standard InChI is InChI=1S/C45H72N6O13Si2/c1-16-45(17-2)60-31-28(25-47-50-46)57-39(36(31)61-45)59-32(30(38(53)62-42(3,4)5)49-41(55)56-26-27-21-19-18-20-22-27)33-34(63-65(12,13)43(6,7)8)35(64-66(14,15)44(9,10)11)37(58-33)51-24-23-29(52)48-40(51)54/h18-24,28,30-37,39H,16-17,25-26H2,1-15H3,(H,49,55)(H,48,52,54)/t28-,30-,31?,32+,33-,34?,35?,36?,37-,39+/m1/s1. The molecular weight excluding hydrogens is 889 g/mol. The first-order valence-corrected chi connectivity index (χ1v) is 28.6. The van der Waals surface area contributed by atoms with Crippen molar-refractivity contribution < 1.29 is 51.6 Å². The van der Waals surface area contributed by atoms with Crippen molar-refractivity contribution in [2.75, 3.05) is 6.54 Å². The zero-order chi connectivity index (χ0) is 49.2. The van der Waals surface area contributed by atoms with Crippen LogP contribution < -0.4 is 16.6 Å². The van der Waals surface area contributed by atoms with Gasteiger partial charge in [-0.1, -0.05) is 90.8 Å². The molecule has 2 N–H and O–H groups in total. The largest absolute Gasteiger partial charge is 0.458 e. The number of rotatable bonds is 17. The Morgan fingerprint density at radius 1 is 0.894 bits per heavy atom.